The Balaban J connectivity index is 1.89. The van der Waals surface area contributed by atoms with Gasteiger partial charge in [0.05, 0.1) is 14.9 Å². The topological polar surface area (TPSA) is 66.4 Å². The molecule has 140 valence electrons. The molecule has 0 saturated heterocycles. The quantitative estimate of drug-likeness (QED) is 0.629. The van der Waals surface area contributed by atoms with E-state index >= 15 is 0 Å². The van der Waals surface area contributed by atoms with E-state index < -0.39 is 28.0 Å². The summed E-state index contributed by atoms with van der Waals surface area (Å²) in [7, 11) is -4.54. The van der Waals surface area contributed by atoms with Gasteiger partial charge in [0.1, 0.15) is 22.0 Å². The number of alkyl halides is 3. The monoisotopic (exact) mass is 449 g/mol. The second kappa shape index (κ2) is 6.86. The van der Waals surface area contributed by atoms with Crippen LogP contribution in [0.25, 0.3) is 0 Å². The van der Waals surface area contributed by atoms with Crippen molar-refractivity contribution in [3.63, 3.8) is 0 Å². The minimum absolute atomic E-state index is 0.179. The molecule has 0 N–H and O–H groups in total. The van der Waals surface area contributed by atoms with Gasteiger partial charge in [-0.1, -0.05) is 6.07 Å². The third kappa shape index (κ3) is 4.05. The number of hydrogen-bond donors (Lipinski definition) is 0. The first-order valence-electron chi connectivity index (χ1n) is 7.68. The van der Waals surface area contributed by atoms with Gasteiger partial charge in [-0.25, -0.2) is 8.42 Å². The first-order chi connectivity index (χ1) is 12.1. The van der Waals surface area contributed by atoms with Gasteiger partial charge in [0.15, 0.2) is 0 Å². The number of benzene rings is 2. The zero-order valence-electron chi connectivity index (χ0n) is 13.2. The smallest absolute Gasteiger partial charge is 0.416 e. The van der Waals surface area contributed by atoms with Crippen LogP contribution < -0.4 is 4.74 Å². The molecule has 2 aromatic carbocycles. The number of rotatable bonds is 3. The van der Waals surface area contributed by atoms with Crippen molar-refractivity contribution in [2.45, 2.75) is 36.4 Å². The molecule has 4 nitrogen and oxygen atoms in total. The maximum Gasteiger partial charge on any atom is 0.416 e. The Morgan fingerprint density at radius 3 is 2.50 bits per heavy atom. The van der Waals surface area contributed by atoms with Gasteiger partial charge >= 0.3 is 6.18 Å². The predicted octanol–water partition coefficient (Wildman–Crippen LogP) is 4.83. The maximum atomic E-state index is 12.8. The highest BCUT2D eigenvalue weighted by Crippen LogP contribution is 2.39. The molecule has 0 amide bonds. The normalized spacial score (nSPS) is 17.7. The lowest BCUT2D eigenvalue weighted by Crippen LogP contribution is -2.16. The molecule has 0 radical (unpaired) electrons. The second-order valence-corrected chi connectivity index (χ2v) is 8.19. The summed E-state index contributed by atoms with van der Waals surface area (Å²) < 4.78 is 77.8. The van der Waals surface area contributed by atoms with Crippen LogP contribution in [-0.2, 0) is 22.7 Å². The van der Waals surface area contributed by atoms with E-state index in [2.05, 4.69) is 15.9 Å². The van der Waals surface area contributed by atoms with Gasteiger partial charge in [0, 0.05) is 0 Å². The van der Waals surface area contributed by atoms with Crippen molar-refractivity contribution in [3.05, 3.63) is 57.6 Å². The van der Waals surface area contributed by atoms with E-state index in [1.165, 1.54) is 24.3 Å². The molecule has 0 bridgehead atoms. The number of hydrogen-bond acceptors (Lipinski definition) is 4. The highest BCUT2D eigenvalue weighted by Gasteiger charge is 2.31. The zero-order chi connectivity index (χ0) is 19.1. The number of halogens is 4. The molecule has 1 aliphatic carbocycles. The first-order valence-corrected chi connectivity index (χ1v) is 9.88. The largest absolute Gasteiger partial charge is 0.744 e. The molecule has 3 rings (SSSR count). The van der Waals surface area contributed by atoms with Crippen molar-refractivity contribution in [1.29, 1.82) is 0 Å². The van der Waals surface area contributed by atoms with Crippen LogP contribution in [0.5, 0.6) is 5.75 Å². The zero-order valence-corrected chi connectivity index (χ0v) is 15.6. The summed E-state index contributed by atoms with van der Waals surface area (Å²) in [5, 5.41) is 0. The highest BCUT2D eigenvalue weighted by atomic mass is 79.9. The molecule has 1 aliphatic rings. The van der Waals surface area contributed by atoms with Crippen LogP contribution >= 0.6 is 15.9 Å². The lowest BCUT2D eigenvalue weighted by Gasteiger charge is -2.27. The summed E-state index contributed by atoms with van der Waals surface area (Å²) in [6, 6.07) is 7.24. The molecule has 26 heavy (non-hydrogen) atoms. The van der Waals surface area contributed by atoms with Gasteiger partial charge in [-0.3, -0.25) is 0 Å². The first kappa shape index (κ1) is 19.2. The molecule has 0 spiro atoms. The van der Waals surface area contributed by atoms with Gasteiger partial charge in [-0.15, -0.1) is 0 Å². The number of ether oxygens (including phenoxy) is 1. The molecule has 0 aromatic heterocycles. The molecule has 0 fully saturated rings. The second-order valence-electron chi connectivity index (χ2n) is 5.96. The Kier molecular flexibility index (Phi) is 5.06. The third-order valence-corrected chi connectivity index (χ3v) is 5.64. The molecule has 1 atom stereocenters. The summed E-state index contributed by atoms with van der Waals surface area (Å²) in [5.74, 6) is 0.261. The van der Waals surface area contributed by atoms with Crippen LogP contribution in [0.2, 0.25) is 0 Å². The van der Waals surface area contributed by atoms with Crippen molar-refractivity contribution >= 4 is 26.0 Å². The number of fused-ring (bicyclic) bond motifs is 1. The predicted molar refractivity (Wildman–Crippen MR) is 89.9 cm³/mol. The van der Waals surface area contributed by atoms with Crippen LogP contribution in [0.3, 0.4) is 0 Å². The van der Waals surface area contributed by atoms with Crippen molar-refractivity contribution in [2.75, 3.05) is 0 Å². The van der Waals surface area contributed by atoms with Gasteiger partial charge in [-0.2, -0.15) is 13.2 Å². The molecule has 9 heteroatoms. The van der Waals surface area contributed by atoms with Gasteiger partial charge in [-0.05, 0) is 76.7 Å². The van der Waals surface area contributed by atoms with Crippen LogP contribution in [0.4, 0.5) is 13.2 Å². The molecule has 1 unspecified atom stereocenters. The standard InChI is InChI=1S/C17H14BrF3O4S/c18-14-9-11(17(19,20)21)4-7-16(14)25-15-3-1-2-10-8-12(26(22,23)24)5-6-13(10)15/h4-9,15H,1-3H2,(H,22,23,24)/p-1. The molecular weight excluding hydrogens is 437 g/mol. The SMILES string of the molecule is O=S(=O)([O-])c1ccc2c(c1)CCCC2Oc1ccc(C(F)(F)F)cc1Br. The van der Waals surface area contributed by atoms with Crippen molar-refractivity contribution in [2.24, 2.45) is 0 Å². The van der Waals surface area contributed by atoms with Crippen LogP contribution in [0.15, 0.2) is 45.8 Å². The Labute approximate surface area is 156 Å². The summed E-state index contributed by atoms with van der Waals surface area (Å²) in [4.78, 5) is -0.299. The van der Waals surface area contributed by atoms with Crippen molar-refractivity contribution in [3.8, 4) is 5.75 Å². The third-order valence-electron chi connectivity index (χ3n) is 4.19. The minimum atomic E-state index is -4.54. The van der Waals surface area contributed by atoms with Crippen LogP contribution in [0, 0.1) is 0 Å². The molecular formula is C17H13BrF3O4S-. The van der Waals surface area contributed by atoms with E-state index in [-0.39, 0.29) is 15.1 Å². The summed E-state index contributed by atoms with van der Waals surface area (Å²) in [5.41, 5.74) is 0.641. The van der Waals surface area contributed by atoms with Crippen molar-refractivity contribution < 1.29 is 30.9 Å². The lowest BCUT2D eigenvalue weighted by atomic mass is 9.89. The lowest BCUT2D eigenvalue weighted by molar-refractivity contribution is -0.137. The Morgan fingerprint density at radius 1 is 1.15 bits per heavy atom. The average molecular weight is 450 g/mol. The van der Waals surface area contributed by atoms with E-state index in [0.717, 1.165) is 17.7 Å². The fourth-order valence-electron chi connectivity index (χ4n) is 2.95. The van der Waals surface area contributed by atoms with E-state index in [4.69, 9.17) is 4.74 Å². The maximum absolute atomic E-state index is 12.8. The Bertz CT molecular complexity index is 942. The van der Waals surface area contributed by atoms with Crippen LogP contribution in [0.1, 0.15) is 35.6 Å². The van der Waals surface area contributed by atoms with E-state index in [1.54, 1.807) is 0 Å². The molecule has 0 heterocycles. The van der Waals surface area contributed by atoms with Gasteiger partial charge < -0.3 is 9.29 Å². The molecule has 0 saturated carbocycles. The van der Waals surface area contributed by atoms with E-state index in [0.29, 0.717) is 24.8 Å². The Morgan fingerprint density at radius 2 is 1.88 bits per heavy atom. The Hall–Kier alpha value is -1.58. The van der Waals surface area contributed by atoms with E-state index in [1.807, 2.05) is 0 Å². The fraction of sp³-hybridized carbons (Fsp3) is 0.294. The average Bonchev–Trinajstić information content (AvgIpc) is 2.54. The van der Waals surface area contributed by atoms with Gasteiger partial charge in [0.2, 0.25) is 0 Å². The molecule has 0 aliphatic heterocycles. The van der Waals surface area contributed by atoms with Gasteiger partial charge in [0.25, 0.3) is 0 Å². The summed E-state index contributed by atoms with van der Waals surface area (Å²) in [6.45, 7) is 0. The highest BCUT2D eigenvalue weighted by molar-refractivity contribution is 9.10. The number of aryl methyl sites for hydroxylation is 1. The van der Waals surface area contributed by atoms with Crippen LogP contribution in [-0.4, -0.2) is 13.0 Å². The minimum Gasteiger partial charge on any atom is -0.744 e. The summed E-state index contributed by atoms with van der Waals surface area (Å²) >= 11 is 3.10. The van der Waals surface area contributed by atoms with E-state index in [9.17, 15) is 26.1 Å². The fourth-order valence-corrected chi connectivity index (χ4v) is 3.94. The summed E-state index contributed by atoms with van der Waals surface area (Å²) in [6.07, 6.45) is -2.94. The molecule has 2 aromatic rings. The van der Waals surface area contributed by atoms with Crippen molar-refractivity contribution in [1.82, 2.24) is 0 Å².